The summed E-state index contributed by atoms with van der Waals surface area (Å²) in [5.74, 6) is -0.376. The average Bonchev–Trinajstić information content (AvgIpc) is 3.05. The monoisotopic (exact) mass is 371 g/mol. The Morgan fingerprint density at radius 1 is 1.23 bits per heavy atom. The van der Waals surface area contributed by atoms with Gasteiger partial charge in [-0.3, -0.25) is 9.78 Å². The van der Waals surface area contributed by atoms with Crippen LogP contribution in [0.15, 0.2) is 48.7 Å². The molecule has 0 N–H and O–H groups in total. The number of carbonyl (C=O) groups excluding carboxylic acids is 1. The fourth-order valence-corrected chi connectivity index (χ4v) is 3.36. The first-order valence-electron chi connectivity index (χ1n) is 8.08. The lowest BCUT2D eigenvalue weighted by Gasteiger charge is -2.17. The highest BCUT2D eigenvalue weighted by atomic mass is 32.1. The number of pyridine rings is 1. The second kappa shape index (κ2) is 8.05. The van der Waals surface area contributed by atoms with Crippen LogP contribution in [0.1, 0.15) is 15.4 Å². The largest absolute Gasteiger partial charge is 0.489 e. The lowest BCUT2D eigenvalue weighted by molar-refractivity contribution is 0.0776. The van der Waals surface area contributed by atoms with Crippen molar-refractivity contribution < 1.29 is 13.9 Å². The Kier molecular flexibility index (Phi) is 5.58. The van der Waals surface area contributed by atoms with Gasteiger partial charge < -0.3 is 9.64 Å². The molecule has 1 amide bonds. The van der Waals surface area contributed by atoms with Crippen molar-refractivity contribution in [1.29, 1.82) is 0 Å². The SMILES string of the molecule is Cc1nc(-c2ccccn2)sc1C(=O)N(C)CCOc1ccccc1F. The number of aryl methyl sites for hydroxylation is 1. The molecule has 0 atom stereocenters. The number of thiazole rings is 1. The molecule has 3 rings (SSSR count). The van der Waals surface area contributed by atoms with Crippen LogP contribution in [0.25, 0.3) is 10.7 Å². The van der Waals surface area contributed by atoms with Crippen molar-refractivity contribution in [3.05, 3.63) is 65.0 Å². The summed E-state index contributed by atoms with van der Waals surface area (Å²) in [6.45, 7) is 2.34. The maximum Gasteiger partial charge on any atom is 0.265 e. The molecular formula is C19H18FN3O2S. The summed E-state index contributed by atoms with van der Waals surface area (Å²) >= 11 is 1.32. The minimum Gasteiger partial charge on any atom is -0.489 e. The van der Waals surface area contributed by atoms with E-state index in [1.54, 1.807) is 43.3 Å². The second-order valence-electron chi connectivity index (χ2n) is 5.65. The first-order valence-corrected chi connectivity index (χ1v) is 8.89. The van der Waals surface area contributed by atoms with Gasteiger partial charge in [0.15, 0.2) is 11.6 Å². The van der Waals surface area contributed by atoms with Gasteiger partial charge in [-0.1, -0.05) is 18.2 Å². The molecule has 0 saturated heterocycles. The minimum absolute atomic E-state index is 0.140. The molecule has 0 unspecified atom stereocenters. The standard InChI is InChI=1S/C19H18FN3O2S/c1-13-17(26-18(22-13)15-8-5-6-10-21-15)19(24)23(2)11-12-25-16-9-4-3-7-14(16)20/h3-10H,11-12H2,1-2H3. The molecule has 0 radical (unpaired) electrons. The summed E-state index contributed by atoms with van der Waals surface area (Å²) in [5.41, 5.74) is 1.41. The number of aromatic nitrogens is 2. The molecule has 0 aliphatic carbocycles. The average molecular weight is 371 g/mol. The number of amides is 1. The first kappa shape index (κ1) is 18.0. The first-order chi connectivity index (χ1) is 12.6. The van der Waals surface area contributed by atoms with E-state index in [0.29, 0.717) is 22.1 Å². The molecule has 1 aromatic carbocycles. The summed E-state index contributed by atoms with van der Waals surface area (Å²) < 4.78 is 18.9. The third-order valence-electron chi connectivity index (χ3n) is 3.74. The number of halogens is 1. The van der Waals surface area contributed by atoms with E-state index in [1.807, 2.05) is 18.2 Å². The third-order valence-corrected chi connectivity index (χ3v) is 4.91. The number of para-hydroxylation sites is 1. The van der Waals surface area contributed by atoms with E-state index in [-0.39, 0.29) is 18.3 Å². The van der Waals surface area contributed by atoms with Crippen LogP contribution in [0.5, 0.6) is 5.75 Å². The van der Waals surface area contributed by atoms with Gasteiger partial charge in [0.1, 0.15) is 16.5 Å². The Morgan fingerprint density at radius 2 is 2.00 bits per heavy atom. The lowest BCUT2D eigenvalue weighted by Crippen LogP contribution is -2.30. The van der Waals surface area contributed by atoms with Crippen LogP contribution in [-0.4, -0.2) is 41.0 Å². The topological polar surface area (TPSA) is 55.3 Å². The molecule has 0 bridgehead atoms. The lowest BCUT2D eigenvalue weighted by atomic mass is 10.3. The molecule has 2 heterocycles. The van der Waals surface area contributed by atoms with E-state index in [1.165, 1.54) is 17.4 Å². The molecule has 0 fully saturated rings. The summed E-state index contributed by atoms with van der Waals surface area (Å²) in [4.78, 5) is 23.5. The summed E-state index contributed by atoms with van der Waals surface area (Å²) in [6.07, 6.45) is 1.69. The number of benzene rings is 1. The summed E-state index contributed by atoms with van der Waals surface area (Å²) in [7, 11) is 1.69. The number of hydrogen-bond donors (Lipinski definition) is 0. The molecule has 134 valence electrons. The molecule has 5 nitrogen and oxygen atoms in total. The van der Waals surface area contributed by atoms with Crippen molar-refractivity contribution in [2.75, 3.05) is 20.2 Å². The molecule has 0 aliphatic rings. The van der Waals surface area contributed by atoms with Gasteiger partial charge in [-0.15, -0.1) is 11.3 Å². The van der Waals surface area contributed by atoms with Gasteiger partial charge in [0, 0.05) is 13.2 Å². The predicted octanol–water partition coefficient (Wildman–Crippen LogP) is 3.80. The van der Waals surface area contributed by atoms with Gasteiger partial charge >= 0.3 is 0 Å². The number of carbonyl (C=O) groups is 1. The molecular weight excluding hydrogens is 353 g/mol. The summed E-state index contributed by atoms with van der Waals surface area (Å²) in [6, 6.07) is 11.8. The highest BCUT2D eigenvalue weighted by molar-refractivity contribution is 7.17. The van der Waals surface area contributed by atoms with Gasteiger partial charge in [0.25, 0.3) is 5.91 Å². The van der Waals surface area contributed by atoms with Crippen LogP contribution in [0.2, 0.25) is 0 Å². The second-order valence-corrected chi connectivity index (χ2v) is 6.65. The van der Waals surface area contributed by atoms with Crippen molar-refractivity contribution in [1.82, 2.24) is 14.9 Å². The van der Waals surface area contributed by atoms with Crippen LogP contribution in [0.4, 0.5) is 4.39 Å². The molecule has 26 heavy (non-hydrogen) atoms. The molecule has 0 spiro atoms. The Balaban J connectivity index is 1.63. The fourth-order valence-electron chi connectivity index (χ4n) is 2.32. The number of likely N-dealkylation sites (N-methyl/N-ethyl adjacent to an activating group) is 1. The van der Waals surface area contributed by atoms with E-state index in [9.17, 15) is 9.18 Å². The van der Waals surface area contributed by atoms with Crippen molar-refractivity contribution in [3.8, 4) is 16.5 Å². The van der Waals surface area contributed by atoms with Crippen molar-refractivity contribution >= 4 is 17.2 Å². The van der Waals surface area contributed by atoms with Crippen molar-refractivity contribution in [3.63, 3.8) is 0 Å². The van der Waals surface area contributed by atoms with Crippen molar-refractivity contribution in [2.24, 2.45) is 0 Å². The zero-order chi connectivity index (χ0) is 18.5. The third kappa shape index (κ3) is 4.05. The van der Waals surface area contributed by atoms with Gasteiger partial charge in [-0.05, 0) is 31.2 Å². The Labute approximate surface area is 155 Å². The number of nitrogens with zero attached hydrogens (tertiary/aromatic N) is 3. The van der Waals surface area contributed by atoms with Gasteiger partial charge in [-0.2, -0.15) is 0 Å². The van der Waals surface area contributed by atoms with Gasteiger partial charge in [0.2, 0.25) is 0 Å². The molecule has 0 aliphatic heterocycles. The van der Waals surface area contributed by atoms with Crippen molar-refractivity contribution in [2.45, 2.75) is 6.92 Å². The van der Waals surface area contributed by atoms with E-state index < -0.39 is 5.82 Å². The highest BCUT2D eigenvalue weighted by Crippen LogP contribution is 2.27. The van der Waals surface area contributed by atoms with Crippen LogP contribution in [-0.2, 0) is 0 Å². The van der Waals surface area contributed by atoms with E-state index >= 15 is 0 Å². The van der Waals surface area contributed by atoms with E-state index in [0.717, 1.165) is 5.69 Å². The number of rotatable bonds is 6. The minimum atomic E-state index is -0.417. The van der Waals surface area contributed by atoms with Crippen LogP contribution in [0.3, 0.4) is 0 Å². The molecule has 3 aromatic rings. The van der Waals surface area contributed by atoms with Crippen LogP contribution >= 0.6 is 11.3 Å². The summed E-state index contributed by atoms with van der Waals surface area (Å²) in [5, 5.41) is 0.711. The molecule has 2 aromatic heterocycles. The fraction of sp³-hybridized carbons (Fsp3) is 0.211. The Morgan fingerprint density at radius 3 is 2.73 bits per heavy atom. The van der Waals surface area contributed by atoms with Gasteiger partial charge in [-0.25, -0.2) is 9.37 Å². The van der Waals surface area contributed by atoms with Crippen LogP contribution in [0, 0.1) is 12.7 Å². The quantitative estimate of drug-likeness (QED) is 0.661. The zero-order valence-electron chi connectivity index (χ0n) is 14.5. The van der Waals surface area contributed by atoms with Gasteiger partial charge in [0.05, 0.1) is 17.9 Å². The Hall–Kier alpha value is -2.80. The van der Waals surface area contributed by atoms with E-state index in [2.05, 4.69) is 9.97 Å². The smallest absolute Gasteiger partial charge is 0.265 e. The number of hydrogen-bond acceptors (Lipinski definition) is 5. The normalized spacial score (nSPS) is 10.6. The Bertz CT molecular complexity index is 899. The zero-order valence-corrected chi connectivity index (χ0v) is 15.3. The maximum absolute atomic E-state index is 13.5. The molecule has 0 saturated carbocycles. The highest BCUT2D eigenvalue weighted by Gasteiger charge is 2.20. The predicted molar refractivity (Wildman–Crippen MR) is 98.9 cm³/mol. The maximum atomic E-state index is 13.5. The van der Waals surface area contributed by atoms with Crippen LogP contribution < -0.4 is 4.74 Å². The number of ether oxygens (including phenoxy) is 1. The van der Waals surface area contributed by atoms with E-state index in [4.69, 9.17) is 4.74 Å². The molecule has 7 heteroatoms.